The summed E-state index contributed by atoms with van der Waals surface area (Å²) in [6, 6.07) is 147. The zero-order valence-corrected chi connectivity index (χ0v) is 58.0. The van der Waals surface area contributed by atoms with Crippen LogP contribution in [-0.4, -0.2) is 0 Å². The first kappa shape index (κ1) is 59.9. The average Bonchev–Trinajstić information content (AvgIpc) is 0.698. The van der Waals surface area contributed by atoms with Crippen molar-refractivity contribution < 1.29 is 0 Å². The van der Waals surface area contributed by atoms with Gasteiger partial charge in [-0.1, -0.05) is 340 Å². The second-order valence-corrected chi connectivity index (χ2v) is 28.9. The van der Waals surface area contributed by atoms with E-state index in [0.717, 1.165) is 0 Å². The molecule has 0 heterocycles. The van der Waals surface area contributed by atoms with Gasteiger partial charge in [0.05, 0.1) is 0 Å². The Hall–Kier alpha value is -13.8. The van der Waals surface area contributed by atoms with Crippen molar-refractivity contribution in [2.45, 2.75) is 0 Å². The third-order valence-corrected chi connectivity index (χ3v) is 23.2. The number of fused-ring (bicyclic) bond motifs is 19. The predicted octanol–water partition coefficient (Wildman–Crippen LogP) is 30.0. The van der Waals surface area contributed by atoms with Crippen LogP contribution in [0.3, 0.4) is 0 Å². The van der Waals surface area contributed by atoms with Crippen LogP contribution < -0.4 is 0 Å². The summed E-state index contributed by atoms with van der Waals surface area (Å²) in [6.45, 7) is 0. The first-order valence-corrected chi connectivity index (χ1v) is 36.9. The largest absolute Gasteiger partial charge is 0.0616 e. The van der Waals surface area contributed by atoms with E-state index in [1.807, 2.05) is 0 Å². The lowest BCUT2D eigenvalue weighted by Crippen LogP contribution is -1.93. The number of hydrogen-bond donors (Lipinski definition) is 0. The molecule has 0 radical (unpaired) electrons. The fourth-order valence-corrected chi connectivity index (χ4v) is 18.1. The van der Waals surface area contributed by atoms with Crippen LogP contribution in [0.4, 0.5) is 0 Å². The SMILES string of the molecule is c1ccc2cc(-c3ccc(-c4ccc5c6ccc(-c7ccc(-c8ccc9ccccc9c8)c8ccccc78)cc6c6c7cc(-c8ccc(-c9ccc%10ccccc%10c9)c9ccccc89)ccc7c7ccc(-c8ccc(-c9ccc%10ccccc%10c9)c9ccccc89)cc7c6c5c4)c4ccccc34)ccc2c1. The smallest absolute Gasteiger partial charge is 0.00134 e. The van der Waals surface area contributed by atoms with Crippen molar-refractivity contribution in [3.05, 3.63) is 388 Å². The summed E-state index contributed by atoms with van der Waals surface area (Å²) in [5, 5.41) is 32.0. The van der Waals surface area contributed by atoms with E-state index in [0.29, 0.717) is 0 Å². The molecule has 0 unspecified atom stereocenters. The van der Waals surface area contributed by atoms with Crippen LogP contribution in [0, 0.1) is 0 Å². The summed E-state index contributed by atoms with van der Waals surface area (Å²) in [6.07, 6.45) is 0. The second-order valence-electron chi connectivity index (χ2n) is 28.9. The van der Waals surface area contributed by atoms with Gasteiger partial charge in [0.2, 0.25) is 0 Å². The van der Waals surface area contributed by atoms with Gasteiger partial charge in [0.15, 0.2) is 0 Å². The molecule has 0 aliphatic heterocycles. The standard InChI is InChI=1S/C106H64/c1-5-21-69-57-73(37-33-65(69)17-1)81-49-53-85(93-29-13-9-25-89(81)93)77-41-45-97-98-46-42-79(87-55-51-83(91-27-11-15-31-95(87)91)75-39-35-67-19-3-7-23-71(67)59-75)63-103(98)106-104-64-80(88-56-52-84(92-28-12-16-32-96(88)92)76-40-36-68-20-4-8-24-72(68)60-76)44-48-100(104)99-47-43-78(62-102(99)105(106)101(97)61-77)86-54-50-82(90-26-10-14-30-94(86)90)74-38-34-66-18-2-6-22-70(66)58-74/h1-64H. The van der Waals surface area contributed by atoms with Crippen molar-refractivity contribution >= 4 is 140 Å². The lowest BCUT2D eigenvalue weighted by molar-refractivity contribution is 1.65. The Labute approximate surface area is 613 Å². The number of hydrogen-bond acceptors (Lipinski definition) is 0. The Morgan fingerprint density at radius 1 is 0.0943 bits per heavy atom. The fourth-order valence-electron chi connectivity index (χ4n) is 18.1. The molecule has 0 saturated carbocycles. The second kappa shape index (κ2) is 23.9. The Bertz CT molecular complexity index is 6620. The van der Waals surface area contributed by atoms with Gasteiger partial charge in [0.25, 0.3) is 0 Å². The van der Waals surface area contributed by atoms with Crippen LogP contribution in [0.15, 0.2) is 388 Å². The highest BCUT2D eigenvalue weighted by Crippen LogP contribution is 2.51. The maximum Gasteiger partial charge on any atom is -0.00134 e. The molecule has 0 fully saturated rings. The van der Waals surface area contributed by atoms with Gasteiger partial charge in [-0.15, -0.1) is 0 Å². The van der Waals surface area contributed by atoms with Crippen molar-refractivity contribution in [2.75, 3.05) is 0 Å². The van der Waals surface area contributed by atoms with E-state index in [1.54, 1.807) is 0 Å². The molecule has 0 amide bonds. The van der Waals surface area contributed by atoms with Crippen LogP contribution in [0.25, 0.3) is 229 Å². The van der Waals surface area contributed by atoms with E-state index >= 15 is 0 Å². The van der Waals surface area contributed by atoms with Crippen molar-refractivity contribution in [2.24, 2.45) is 0 Å². The molecule has 488 valence electrons. The quantitative estimate of drug-likeness (QED) is 0.133. The van der Waals surface area contributed by atoms with Gasteiger partial charge in [-0.05, 0) is 278 Å². The van der Waals surface area contributed by atoms with Crippen LogP contribution >= 0.6 is 0 Å². The topological polar surface area (TPSA) is 0 Å². The molecular formula is C106H64. The highest BCUT2D eigenvalue weighted by atomic mass is 14.3. The minimum Gasteiger partial charge on any atom is -0.0616 e. The van der Waals surface area contributed by atoms with Crippen molar-refractivity contribution in [1.82, 2.24) is 0 Å². The third-order valence-electron chi connectivity index (χ3n) is 23.2. The van der Waals surface area contributed by atoms with E-state index in [4.69, 9.17) is 0 Å². The highest BCUT2D eigenvalue weighted by molar-refractivity contribution is 6.41. The van der Waals surface area contributed by atoms with E-state index in [1.165, 1.54) is 229 Å². The molecule has 0 aliphatic rings. The van der Waals surface area contributed by atoms with Gasteiger partial charge >= 0.3 is 0 Å². The van der Waals surface area contributed by atoms with Gasteiger partial charge in [-0.3, -0.25) is 0 Å². The molecule has 0 spiro atoms. The minimum absolute atomic E-state index is 1.18. The zero-order chi connectivity index (χ0) is 69.5. The Morgan fingerprint density at radius 3 is 0.453 bits per heavy atom. The fraction of sp³-hybridized carbons (Fsp3) is 0. The molecule has 0 nitrogen and oxygen atoms in total. The predicted molar refractivity (Wildman–Crippen MR) is 458 cm³/mol. The summed E-state index contributed by atoms with van der Waals surface area (Å²) in [4.78, 5) is 0. The van der Waals surface area contributed by atoms with Crippen LogP contribution in [0.1, 0.15) is 0 Å². The van der Waals surface area contributed by atoms with Crippen LogP contribution in [-0.2, 0) is 0 Å². The highest BCUT2D eigenvalue weighted by Gasteiger charge is 2.23. The number of rotatable bonds is 8. The Morgan fingerprint density at radius 2 is 0.255 bits per heavy atom. The summed E-state index contributed by atoms with van der Waals surface area (Å²) in [5.41, 5.74) is 19.3. The zero-order valence-electron chi connectivity index (χ0n) is 58.0. The summed E-state index contributed by atoms with van der Waals surface area (Å²) in [7, 11) is 0. The Balaban J connectivity index is 0.831. The molecule has 22 aromatic rings. The van der Waals surface area contributed by atoms with Gasteiger partial charge in [0, 0.05) is 0 Å². The number of benzene rings is 22. The summed E-state index contributed by atoms with van der Waals surface area (Å²) >= 11 is 0. The van der Waals surface area contributed by atoms with E-state index in [2.05, 4.69) is 388 Å². The maximum absolute atomic E-state index is 2.54. The third kappa shape index (κ3) is 9.55. The molecule has 0 atom stereocenters. The molecule has 106 heavy (non-hydrogen) atoms. The molecule has 0 N–H and O–H groups in total. The molecule has 0 saturated heterocycles. The van der Waals surface area contributed by atoms with Crippen molar-refractivity contribution in [3.63, 3.8) is 0 Å². The molecule has 22 rings (SSSR count). The first-order chi connectivity index (χ1) is 52.5. The first-order valence-electron chi connectivity index (χ1n) is 36.9. The van der Waals surface area contributed by atoms with E-state index in [-0.39, 0.29) is 0 Å². The molecule has 22 aromatic carbocycles. The molecule has 0 heteroatoms. The average molecular weight is 1340 g/mol. The van der Waals surface area contributed by atoms with Crippen molar-refractivity contribution in [1.29, 1.82) is 0 Å². The van der Waals surface area contributed by atoms with Crippen molar-refractivity contribution in [3.8, 4) is 89.0 Å². The summed E-state index contributed by atoms with van der Waals surface area (Å²) in [5.74, 6) is 0. The van der Waals surface area contributed by atoms with Gasteiger partial charge < -0.3 is 0 Å². The van der Waals surface area contributed by atoms with Gasteiger partial charge in [-0.2, -0.15) is 0 Å². The Kier molecular flexibility index (Phi) is 13.5. The normalized spacial score (nSPS) is 12.0. The lowest BCUT2D eigenvalue weighted by Gasteiger charge is -2.20. The van der Waals surface area contributed by atoms with Gasteiger partial charge in [-0.25, -0.2) is 0 Å². The monoisotopic (exact) mass is 1340 g/mol. The maximum atomic E-state index is 2.54. The lowest BCUT2D eigenvalue weighted by atomic mass is 9.83. The van der Waals surface area contributed by atoms with Crippen LogP contribution in [0.2, 0.25) is 0 Å². The summed E-state index contributed by atoms with van der Waals surface area (Å²) < 4.78 is 0. The van der Waals surface area contributed by atoms with Crippen LogP contribution in [0.5, 0.6) is 0 Å². The molecular weight excluding hydrogens is 1270 g/mol. The van der Waals surface area contributed by atoms with E-state index < -0.39 is 0 Å². The molecule has 0 bridgehead atoms. The van der Waals surface area contributed by atoms with Gasteiger partial charge in [0.1, 0.15) is 0 Å². The minimum atomic E-state index is 1.18. The molecule has 0 aliphatic carbocycles. The molecule has 0 aromatic heterocycles. The van der Waals surface area contributed by atoms with E-state index in [9.17, 15) is 0 Å².